The Morgan fingerprint density at radius 1 is 0.935 bits per heavy atom. The number of nitrogens with one attached hydrogen (secondary N) is 2. The summed E-state index contributed by atoms with van der Waals surface area (Å²) in [6.07, 6.45) is 2.49. The first kappa shape index (κ1) is 20.9. The zero-order valence-corrected chi connectivity index (χ0v) is 18.0. The Morgan fingerprint density at radius 2 is 1.68 bits per heavy atom. The number of benzene rings is 3. The largest absolute Gasteiger partial charge is 0.489 e. The van der Waals surface area contributed by atoms with Gasteiger partial charge in [0.05, 0.1) is 0 Å². The average molecular weight is 432 g/mol. The van der Waals surface area contributed by atoms with E-state index in [1.54, 1.807) is 18.2 Å². The third kappa shape index (κ3) is 5.83. The van der Waals surface area contributed by atoms with Crippen molar-refractivity contribution in [3.63, 3.8) is 0 Å². The van der Waals surface area contributed by atoms with Gasteiger partial charge in [-0.05, 0) is 73.1 Å². The molecule has 158 valence electrons. The van der Waals surface area contributed by atoms with Crippen molar-refractivity contribution in [3.8, 4) is 5.75 Å². The van der Waals surface area contributed by atoms with Crippen LogP contribution in [0.1, 0.15) is 28.8 Å². The summed E-state index contributed by atoms with van der Waals surface area (Å²) in [7, 11) is 0. The van der Waals surface area contributed by atoms with Crippen LogP contribution in [0.5, 0.6) is 5.75 Å². The van der Waals surface area contributed by atoms with Crippen molar-refractivity contribution in [2.45, 2.75) is 19.4 Å². The summed E-state index contributed by atoms with van der Waals surface area (Å²) in [6.45, 7) is 2.66. The second-order valence-electron chi connectivity index (χ2n) is 7.45. The second-order valence-corrected chi connectivity index (χ2v) is 7.86. The predicted molar refractivity (Wildman–Crippen MR) is 129 cm³/mol. The van der Waals surface area contributed by atoms with E-state index in [0.29, 0.717) is 17.9 Å². The molecular formula is C25H25N3O2S. The van der Waals surface area contributed by atoms with Gasteiger partial charge in [0.15, 0.2) is 5.11 Å². The maximum Gasteiger partial charge on any atom is 0.257 e. The van der Waals surface area contributed by atoms with Gasteiger partial charge in [-0.25, -0.2) is 0 Å². The van der Waals surface area contributed by atoms with Crippen LogP contribution in [0.2, 0.25) is 0 Å². The molecule has 1 heterocycles. The number of nitrogens with zero attached hydrogens (tertiary/aromatic N) is 1. The van der Waals surface area contributed by atoms with Gasteiger partial charge < -0.3 is 15.0 Å². The molecule has 3 aromatic rings. The Bertz CT molecular complexity index is 1030. The fraction of sp³-hybridized carbons (Fsp3) is 0.200. The molecule has 1 fully saturated rings. The van der Waals surface area contributed by atoms with E-state index in [1.165, 1.54) is 18.5 Å². The van der Waals surface area contributed by atoms with Crippen molar-refractivity contribution in [3.05, 3.63) is 90.0 Å². The summed E-state index contributed by atoms with van der Waals surface area (Å²) in [6, 6.07) is 25.1. The zero-order chi connectivity index (χ0) is 21.5. The number of carbonyl (C=O) groups is 1. The first-order valence-corrected chi connectivity index (χ1v) is 10.8. The van der Waals surface area contributed by atoms with E-state index in [-0.39, 0.29) is 11.0 Å². The van der Waals surface area contributed by atoms with Gasteiger partial charge in [-0.2, -0.15) is 0 Å². The molecular weight excluding hydrogens is 406 g/mol. The molecule has 0 aliphatic carbocycles. The van der Waals surface area contributed by atoms with Crippen LogP contribution in [0, 0.1) is 0 Å². The summed E-state index contributed by atoms with van der Waals surface area (Å²) >= 11 is 5.32. The molecule has 3 aromatic carbocycles. The van der Waals surface area contributed by atoms with Crippen molar-refractivity contribution in [2.75, 3.05) is 23.3 Å². The van der Waals surface area contributed by atoms with Crippen molar-refractivity contribution in [1.82, 2.24) is 5.32 Å². The number of rotatable bonds is 6. The SMILES string of the molecule is O=C(NC(=S)Nc1ccc(N2CCCC2)cc1)c1cccc(OCc2ccccc2)c1. The first-order chi connectivity index (χ1) is 15.2. The summed E-state index contributed by atoms with van der Waals surface area (Å²) in [5.74, 6) is 0.351. The minimum absolute atomic E-state index is 0.259. The maximum absolute atomic E-state index is 12.6. The molecule has 0 aromatic heterocycles. The number of amides is 1. The van der Waals surface area contributed by atoms with Gasteiger partial charge in [0, 0.05) is 30.0 Å². The van der Waals surface area contributed by atoms with E-state index >= 15 is 0 Å². The van der Waals surface area contributed by atoms with Gasteiger partial charge in [0.2, 0.25) is 0 Å². The molecule has 1 amide bonds. The van der Waals surface area contributed by atoms with Crippen LogP contribution in [0.25, 0.3) is 0 Å². The van der Waals surface area contributed by atoms with Crippen LogP contribution in [0.4, 0.5) is 11.4 Å². The highest BCUT2D eigenvalue weighted by atomic mass is 32.1. The second kappa shape index (κ2) is 10.1. The van der Waals surface area contributed by atoms with E-state index in [2.05, 4.69) is 27.7 Å². The van der Waals surface area contributed by atoms with E-state index in [4.69, 9.17) is 17.0 Å². The molecule has 0 spiro atoms. The van der Waals surface area contributed by atoms with Gasteiger partial charge in [-0.1, -0.05) is 36.4 Å². The standard InChI is InChI=1S/C25H25N3O2S/c29-24(20-9-6-10-23(17-20)30-18-19-7-2-1-3-8-19)27-25(31)26-21-11-13-22(14-12-21)28-15-4-5-16-28/h1-3,6-14,17H,4-5,15-16,18H2,(H2,26,27,29,31). The summed E-state index contributed by atoms with van der Waals surface area (Å²) in [5, 5.41) is 6.06. The number of thiocarbonyl (C=S) groups is 1. The molecule has 4 rings (SSSR count). The molecule has 5 nitrogen and oxygen atoms in total. The Hall–Kier alpha value is -3.38. The summed E-state index contributed by atoms with van der Waals surface area (Å²) in [5.41, 5.74) is 3.61. The predicted octanol–water partition coefficient (Wildman–Crippen LogP) is 4.99. The molecule has 0 atom stereocenters. The lowest BCUT2D eigenvalue weighted by molar-refractivity contribution is 0.0977. The molecule has 0 radical (unpaired) electrons. The van der Waals surface area contributed by atoms with E-state index < -0.39 is 0 Å². The Labute approximate surface area is 188 Å². The molecule has 1 aliphatic heterocycles. The van der Waals surface area contributed by atoms with Crippen molar-refractivity contribution < 1.29 is 9.53 Å². The molecule has 31 heavy (non-hydrogen) atoms. The lowest BCUT2D eigenvalue weighted by atomic mass is 10.2. The average Bonchev–Trinajstić information content (AvgIpc) is 3.34. The van der Waals surface area contributed by atoms with Crippen LogP contribution < -0.4 is 20.3 Å². The van der Waals surface area contributed by atoms with Gasteiger partial charge in [0.1, 0.15) is 12.4 Å². The first-order valence-electron chi connectivity index (χ1n) is 10.4. The lowest BCUT2D eigenvalue weighted by Gasteiger charge is -2.18. The van der Waals surface area contributed by atoms with E-state index in [0.717, 1.165) is 24.3 Å². The summed E-state index contributed by atoms with van der Waals surface area (Å²) in [4.78, 5) is 15.0. The van der Waals surface area contributed by atoms with E-state index in [1.807, 2.05) is 48.5 Å². The van der Waals surface area contributed by atoms with Gasteiger partial charge in [0.25, 0.3) is 5.91 Å². The molecule has 0 bridgehead atoms. The lowest BCUT2D eigenvalue weighted by Crippen LogP contribution is -2.34. The Balaban J connectivity index is 1.30. The monoisotopic (exact) mass is 431 g/mol. The van der Waals surface area contributed by atoms with Gasteiger partial charge in [-0.15, -0.1) is 0 Å². The number of carbonyl (C=O) groups excluding carboxylic acids is 1. The minimum atomic E-state index is -0.281. The third-order valence-electron chi connectivity index (χ3n) is 5.17. The molecule has 1 saturated heterocycles. The molecule has 6 heteroatoms. The van der Waals surface area contributed by atoms with Crippen LogP contribution >= 0.6 is 12.2 Å². The number of ether oxygens (including phenoxy) is 1. The van der Waals surface area contributed by atoms with Gasteiger partial charge >= 0.3 is 0 Å². The van der Waals surface area contributed by atoms with Crippen LogP contribution in [-0.4, -0.2) is 24.1 Å². The third-order valence-corrected chi connectivity index (χ3v) is 5.37. The van der Waals surface area contributed by atoms with Crippen LogP contribution in [-0.2, 0) is 6.61 Å². The Kier molecular flexibility index (Phi) is 6.79. The molecule has 0 saturated carbocycles. The highest BCUT2D eigenvalue weighted by Crippen LogP contribution is 2.22. The minimum Gasteiger partial charge on any atom is -0.489 e. The topological polar surface area (TPSA) is 53.6 Å². The highest BCUT2D eigenvalue weighted by Gasteiger charge is 2.13. The van der Waals surface area contributed by atoms with Crippen molar-refractivity contribution in [1.29, 1.82) is 0 Å². The molecule has 2 N–H and O–H groups in total. The number of anilines is 2. The maximum atomic E-state index is 12.6. The van der Waals surface area contributed by atoms with Crippen LogP contribution in [0.3, 0.4) is 0 Å². The molecule has 1 aliphatic rings. The smallest absolute Gasteiger partial charge is 0.257 e. The summed E-state index contributed by atoms with van der Waals surface area (Å²) < 4.78 is 5.80. The van der Waals surface area contributed by atoms with E-state index in [9.17, 15) is 4.79 Å². The zero-order valence-electron chi connectivity index (χ0n) is 17.2. The van der Waals surface area contributed by atoms with Crippen LogP contribution in [0.15, 0.2) is 78.9 Å². The highest BCUT2D eigenvalue weighted by molar-refractivity contribution is 7.80. The fourth-order valence-corrected chi connectivity index (χ4v) is 3.75. The van der Waals surface area contributed by atoms with Crippen molar-refractivity contribution in [2.24, 2.45) is 0 Å². The molecule has 0 unspecified atom stereocenters. The number of hydrogen-bond acceptors (Lipinski definition) is 4. The quantitative estimate of drug-likeness (QED) is 0.539. The van der Waals surface area contributed by atoms with Gasteiger partial charge in [-0.3, -0.25) is 10.1 Å². The Morgan fingerprint density at radius 3 is 2.42 bits per heavy atom. The van der Waals surface area contributed by atoms with Crippen molar-refractivity contribution >= 4 is 34.6 Å². The number of hydrogen-bond donors (Lipinski definition) is 2. The normalized spacial score (nSPS) is 13.0. The fourth-order valence-electron chi connectivity index (χ4n) is 3.54.